The summed E-state index contributed by atoms with van der Waals surface area (Å²) in [6.45, 7) is 2.73. The summed E-state index contributed by atoms with van der Waals surface area (Å²) in [7, 11) is 1.58. The van der Waals surface area contributed by atoms with Crippen molar-refractivity contribution in [3.05, 3.63) is 75.8 Å². The van der Waals surface area contributed by atoms with Crippen molar-refractivity contribution >= 4 is 29.1 Å². The molecule has 0 aliphatic carbocycles. The van der Waals surface area contributed by atoms with Crippen LogP contribution in [0.1, 0.15) is 29.2 Å². The second-order valence-electron chi connectivity index (χ2n) is 6.76. The normalized spacial score (nSPS) is 18.7. The number of likely N-dealkylation sites (tertiary alicyclic amines) is 1. The first-order chi connectivity index (χ1) is 13.4. The number of halogens is 1. The molecule has 2 aromatic rings. The molecule has 1 atom stereocenters. The first-order valence-corrected chi connectivity index (χ1v) is 9.41. The van der Waals surface area contributed by atoms with Gasteiger partial charge in [-0.15, -0.1) is 0 Å². The van der Waals surface area contributed by atoms with E-state index in [1.54, 1.807) is 43.5 Å². The van der Waals surface area contributed by atoms with E-state index in [1.165, 1.54) is 4.90 Å². The predicted octanol–water partition coefficient (Wildman–Crippen LogP) is 4.11. The summed E-state index contributed by atoms with van der Waals surface area (Å²) in [6, 6.07) is 13.5. The van der Waals surface area contributed by atoms with Crippen LogP contribution in [0.2, 0.25) is 5.02 Å². The lowest BCUT2D eigenvalue weighted by atomic mass is 9.95. The summed E-state index contributed by atoms with van der Waals surface area (Å²) >= 11 is 6.15. The second-order valence-corrected chi connectivity index (χ2v) is 7.20. The number of benzene rings is 2. The number of carbonyl (C=O) groups excluding carboxylic acids is 2. The number of amides is 1. The first kappa shape index (κ1) is 20.1. The molecule has 6 heteroatoms. The number of ketones is 1. The van der Waals surface area contributed by atoms with Gasteiger partial charge in [0.15, 0.2) is 0 Å². The third-order valence-electron chi connectivity index (χ3n) is 4.78. The molecule has 1 aliphatic rings. The van der Waals surface area contributed by atoms with Crippen molar-refractivity contribution in [3.63, 3.8) is 0 Å². The smallest absolute Gasteiger partial charge is 0.295 e. The quantitative estimate of drug-likeness (QED) is 0.343. The molecule has 1 unspecified atom stereocenters. The number of hydrogen-bond donors (Lipinski definition) is 1. The molecule has 28 heavy (non-hydrogen) atoms. The van der Waals surface area contributed by atoms with E-state index in [0.29, 0.717) is 35.7 Å². The molecule has 0 radical (unpaired) electrons. The van der Waals surface area contributed by atoms with Crippen molar-refractivity contribution in [2.45, 2.75) is 19.4 Å². The Balaban J connectivity index is 2.12. The Kier molecular flexibility index (Phi) is 6.17. The molecule has 1 aliphatic heterocycles. The van der Waals surface area contributed by atoms with Gasteiger partial charge in [-0.1, -0.05) is 53.6 Å². The van der Waals surface area contributed by atoms with E-state index < -0.39 is 17.7 Å². The predicted molar refractivity (Wildman–Crippen MR) is 108 cm³/mol. The summed E-state index contributed by atoms with van der Waals surface area (Å²) < 4.78 is 5.07. The molecular formula is C22H22ClNO4. The van der Waals surface area contributed by atoms with Crippen LogP contribution in [0.15, 0.2) is 54.1 Å². The molecule has 2 aromatic carbocycles. The number of methoxy groups -OCH3 is 1. The monoisotopic (exact) mass is 399 g/mol. The van der Waals surface area contributed by atoms with Crippen LogP contribution >= 0.6 is 11.6 Å². The summed E-state index contributed by atoms with van der Waals surface area (Å²) in [5.41, 5.74) is 2.28. The number of nitrogens with zero attached hydrogens (tertiary/aromatic N) is 1. The highest BCUT2D eigenvalue weighted by Crippen LogP contribution is 2.40. The van der Waals surface area contributed by atoms with Gasteiger partial charge in [-0.25, -0.2) is 0 Å². The van der Waals surface area contributed by atoms with Crippen LogP contribution in [0.4, 0.5) is 0 Å². The van der Waals surface area contributed by atoms with Crippen molar-refractivity contribution in [2.24, 2.45) is 0 Å². The van der Waals surface area contributed by atoms with Gasteiger partial charge in [-0.2, -0.15) is 0 Å². The highest BCUT2D eigenvalue weighted by atomic mass is 35.5. The summed E-state index contributed by atoms with van der Waals surface area (Å²) in [6.07, 6.45) is 0.575. The second kappa shape index (κ2) is 8.59. The lowest BCUT2D eigenvalue weighted by molar-refractivity contribution is -0.140. The molecule has 1 amide bonds. The van der Waals surface area contributed by atoms with E-state index in [-0.39, 0.29) is 11.3 Å². The fourth-order valence-corrected chi connectivity index (χ4v) is 3.58. The lowest BCUT2D eigenvalue weighted by Gasteiger charge is -2.25. The number of aliphatic hydroxyl groups is 1. The van der Waals surface area contributed by atoms with Crippen LogP contribution in [0.5, 0.6) is 0 Å². The summed E-state index contributed by atoms with van der Waals surface area (Å²) in [5, 5.41) is 11.4. The Morgan fingerprint density at radius 3 is 2.54 bits per heavy atom. The minimum Gasteiger partial charge on any atom is -0.507 e. The van der Waals surface area contributed by atoms with E-state index in [2.05, 4.69) is 0 Å². The van der Waals surface area contributed by atoms with Crippen LogP contribution in [0, 0.1) is 6.92 Å². The Labute approximate surface area is 169 Å². The fraction of sp³-hybridized carbons (Fsp3) is 0.273. The fourth-order valence-electron chi connectivity index (χ4n) is 3.38. The molecule has 1 saturated heterocycles. The molecule has 5 nitrogen and oxygen atoms in total. The van der Waals surface area contributed by atoms with Crippen LogP contribution in [-0.4, -0.2) is 42.0 Å². The van der Waals surface area contributed by atoms with Gasteiger partial charge < -0.3 is 14.7 Å². The Bertz CT molecular complexity index is 920. The molecule has 0 bridgehead atoms. The zero-order valence-corrected chi connectivity index (χ0v) is 16.6. The van der Waals surface area contributed by atoms with Gasteiger partial charge in [0.25, 0.3) is 11.7 Å². The maximum Gasteiger partial charge on any atom is 0.295 e. The third kappa shape index (κ3) is 3.96. The van der Waals surface area contributed by atoms with Gasteiger partial charge >= 0.3 is 0 Å². The topological polar surface area (TPSA) is 66.8 Å². The summed E-state index contributed by atoms with van der Waals surface area (Å²) in [5.74, 6) is -1.51. The molecule has 0 saturated carbocycles. The van der Waals surface area contributed by atoms with E-state index in [1.807, 2.05) is 19.1 Å². The molecule has 1 fully saturated rings. The van der Waals surface area contributed by atoms with E-state index in [4.69, 9.17) is 16.3 Å². The highest BCUT2D eigenvalue weighted by molar-refractivity contribution is 6.46. The van der Waals surface area contributed by atoms with Gasteiger partial charge in [0.1, 0.15) is 5.76 Å². The molecule has 146 valence electrons. The van der Waals surface area contributed by atoms with Crippen LogP contribution in [0.25, 0.3) is 5.76 Å². The van der Waals surface area contributed by atoms with E-state index in [9.17, 15) is 14.7 Å². The Morgan fingerprint density at radius 1 is 1.18 bits per heavy atom. The number of Topliss-reactive ketones (excluding diaryl/α,β-unsaturated/α-hetero) is 1. The van der Waals surface area contributed by atoms with Crippen molar-refractivity contribution in [3.8, 4) is 0 Å². The maximum absolute atomic E-state index is 12.8. The van der Waals surface area contributed by atoms with Gasteiger partial charge in [-0.05, 0) is 31.0 Å². The zero-order chi connectivity index (χ0) is 20.3. The van der Waals surface area contributed by atoms with Gasteiger partial charge in [0, 0.05) is 30.8 Å². The molecule has 1 heterocycles. The molecule has 0 aromatic heterocycles. The lowest BCUT2D eigenvalue weighted by Crippen LogP contribution is -2.31. The largest absolute Gasteiger partial charge is 0.507 e. The van der Waals surface area contributed by atoms with E-state index in [0.717, 1.165) is 5.56 Å². The SMILES string of the molecule is COCCCN1C(=O)C(=O)/C(=C(\O)c2ccc(C)cc2)C1c1cccc(Cl)c1. The van der Waals surface area contributed by atoms with Gasteiger partial charge in [0.05, 0.1) is 11.6 Å². The zero-order valence-electron chi connectivity index (χ0n) is 15.8. The number of ether oxygens (including phenoxy) is 1. The van der Waals surface area contributed by atoms with Crippen LogP contribution < -0.4 is 0 Å². The molecule has 1 N–H and O–H groups in total. The number of rotatable bonds is 6. The van der Waals surface area contributed by atoms with Crippen molar-refractivity contribution < 1.29 is 19.4 Å². The van der Waals surface area contributed by atoms with Crippen LogP contribution in [-0.2, 0) is 14.3 Å². The number of carbonyl (C=O) groups is 2. The maximum atomic E-state index is 12.8. The van der Waals surface area contributed by atoms with Crippen molar-refractivity contribution in [1.29, 1.82) is 0 Å². The minimum atomic E-state index is -0.697. The first-order valence-electron chi connectivity index (χ1n) is 9.04. The standard InChI is InChI=1S/C22H22ClNO4/c1-14-7-9-15(10-8-14)20(25)18-19(16-5-3-6-17(23)13-16)24(11-4-12-28-2)22(27)21(18)26/h3,5-10,13,19,25H,4,11-12H2,1-2H3/b20-18-. The van der Waals surface area contributed by atoms with Gasteiger partial charge in [0.2, 0.25) is 0 Å². The van der Waals surface area contributed by atoms with Crippen LogP contribution in [0.3, 0.4) is 0 Å². The van der Waals surface area contributed by atoms with Crippen molar-refractivity contribution in [2.75, 3.05) is 20.3 Å². The average Bonchev–Trinajstić information content (AvgIpc) is 2.93. The van der Waals surface area contributed by atoms with Gasteiger partial charge in [-0.3, -0.25) is 9.59 Å². The molecular weight excluding hydrogens is 378 g/mol. The Morgan fingerprint density at radius 2 is 1.89 bits per heavy atom. The highest BCUT2D eigenvalue weighted by Gasteiger charge is 2.45. The van der Waals surface area contributed by atoms with Crippen molar-refractivity contribution in [1.82, 2.24) is 4.90 Å². The summed E-state index contributed by atoms with van der Waals surface area (Å²) in [4.78, 5) is 27.0. The van der Waals surface area contributed by atoms with E-state index >= 15 is 0 Å². The number of hydrogen-bond acceptors (Lipinski definition) is 4. The minimum absolute atomic E-state index is 0.0773. The molecule has 3 rings (SSSR count). The average molecular weight is 400 g/mol. The number of aryl methyl sites for hydroxylation is 1. The Hall–Kier alpha value is -2.63. The number of aliphatic hydroxyl groups excluding tert-OH is 1. The molecule has 0 spiro atoms. The third-order valence-corrected chi connectivity index (χ3v) is 5.01.